The van der Waals surface area contributed by atoms with Crippen LogP contribution in [-0.2, 0) is 4.79 Å². The Kier molecular flexibility index (Phi) is 5.10. The zero-order chi connectivity index (χ0) is 16.8. The standard InChI is InChI=1S/C17H20N4O3/c22-16(6-5-14-10-18-12-20-14)21-7-1-3-13(11-21)9-19-17(23)15-4-2-8-24-15/h2,4-6,8,10,12-13H,1,3,7,9,11H2,(H,18,20)(H,19,23). The van der Waals surface area contributed by atoms with Gasteiger partial charge in [0, 0.05) is 25.7 Å². The molecule has 3 rings (SSSR count). The first-order valence-corrected chi connectivity index (χ1v) is 7.99. The molecule has 1 aliphatic rings. The third-order valence-corrected chi connectivity index (χ3v) is 4.05. The van der Waals surface area contributed by atoms with Crippen LogP contribution >= 0.6 is 0 Å². The van der Waals surface area contributed by atoms with Crippen molar-refractivity contribution in [1.29, 1.82) is 0 Å². The molecular formula is C17H20N4O3. The Hall–Kier alpha value is -2.83. The lowest BCUT2D eigenvalue weighted by atomic mass is 9.98. The average Bonchev–Trinajstić information content (AvgIpc) is 3.31. The van der Waals surface area contributed by atoms with Gasteiger partial charge in [-0.15, -0.1) is 0 Å². The van der Waals surface area contributed by atoms with Gasteiger partial charge >= 0.3 is 0 Å². The Bertz CT molecular complexity index is 692. The number of imidazole rings is 1. The second-order valence-electron chi connectivity index (χ2n) is 5.82. The Morgan fingerprint density at radius 2 is 2.42 bits per heavy atom. The molecule has 1 unspecified atom stereocenters. The predicted octanol–water partition coefficient (Wildman–Crippen LogP) is 1.68. The Morgan fingerprint density at radius 1 is 1.50 bits per heavy atom. The first kappa shape index (κ1) is 16.0. The topological polar surface area (TPSA) is 91.2 Å². The van der Waals surface area contributed by atoms with E-state index in [1.54, 1.807) is 36.8 Å². The van der Waals surface area contributed by atoms with Crippen molar-refractivity contribution in [3.05, 3.63) is 48.5 Å². The number of aromatic nitrogens is 2. The zero-order valence-electron chi connectivity index (χ0n) is 13.3. The number of hydrogen-bond acceptors (Lipinski definition) is 4. The number of piperidine rings is 1. The monoisotopic (exact) mass is 328 g/mol. The van der Waals surface area contributed by atoms with Gasteiger partial charge in [-0.25, -0.2) is 4.98 Å². The van der Waals surface area contributed by atoms with Gasteiger partial charge in [-0.1, -0.05) is 0 Å². The Morgan fingerprint density at radius 3 is 3.17 bits per heavy atom. The molecule has 0 aromatic carbocycles. The van der Waals surface area contributed by atoms with Crippen molar-refractivity contribution in [3.63, 3.8) is 0 Å². The molecule has 1 aliphatic heterocycles. The largest absolute Gasteiger partial charge is 0.459 e. The molecule has 0 radical (unpaired) electrons. The van der Waals surface area contributed by atoms with E-state index >= 15 is 0 Å². The number of carbonyl (C=O) groups is 2. The van der Waals surface area contributed by atoms with Crippen molar-refractivity contribution in [2.45, 2.75) is 12.8 Å². The second-order valence-corrected chi connectivity index (χ2v) is 5.82. The minimum absolute atomic E-state index is 0.0216. The van der Waals surface area contributed by atoms with Crippen LogP contribution in [0.15, 0.2) is 41.4 Å². The number of aromatic amines is 1. The minimum atomic E-state index is -0.220. The van der Waals surface area contributed by atoms with Crippen LogP contribution in [0.5, 0.6) is 0 Å². The van der Waals surface area contributed by atoms with Crippen molar-refractivity contribution in [3.8, 4) is 0 Å². The fourth-order valence-electron chi connectivity index (χ4n) is 2.79. The lowest BCUT2D eigenvalue weighted by Gasteiger charge is -2.32. The summed E-state index contributed by atoms with van der Waals surface area (Å²) in [7, 11) is 0. The van der Waals surface area contributed by atoms with Gasteiger partial charge < -0.3 is 19.6 Å². The number of H-pyrrole nitrogens is 1. The van der Waals surface area contributed by atoms with Gasteiger partial charge in [-0.3, -0.25) is 9.59 Å². The van der Waals surface area contributed by atoms with Crippen molar-refractivity contribution >= 4 is 17.9 Å². The van der Waals surface area contributed by atoms with Crippen LogP contribution in [0.2, 0.25) is 0 Å². The van der Waals surface area contributed by atoms with Crippen LogP contribution in [0.3, 0.4) is 0 Å². The Balaban J connectivity index is 1.48. The molecule has 2 aromatic heterocycles. The predicted molar refractivity (Wildman–Crippen MR) is 88.0 cm³/mol. The molecule has 0 bridgehead atoms. The lowest BCUT2D eigenvalue weighted by molar-refractivity contribution is -0.127. The zero-order valence-corrected chi connectivity index (χ0v) is 13.3. The maximum Gasteiger partial charge on any atom is 0.286 e. The fraction of sp³-hybridized carbons (Fsp3) is 0.353. The van der Waals surface area contributed by atoms with Crippen molar-refractivity contribution in [2.75, 3.05) is 19.6 Å². The number of furan rings is 1. The Labute approximate surface area is 139 Å². The van der Waals surface area contributed by atoms with E-state index in [1.165, 1.54) is 6.26 Å². The molecule has 1 fully saturated rings. The average molecular weight is 328 g/mol. The summed E-state index contributed by atoms with van der Waals surface area (Å²) < 4.78 is 5.07. The normalized spacial score (nSPS) is 18.0. The van der Waals surface area contributed by atoms with E-state index in [9.17, 15) is 9.59 Å². The van der Waals surface area contributed by atoms with Crippen LogP contribution < -0.4 is 5.32 Å². The molecule has 24 heavy (non-hydrogen) atoms. The number of rotatable bonds is 5. The number of nitrogens with one attached hydrogen (secondary N) is 2. The van der Waals surface area contributed by atoms with Crippen molar-refractivity contribution in [2.24, 2.45) is 5.92 Å². The van der Waals surface area contributed by atoms with Gasteiger partial charge in [0.25, 0.3) is 5.91 Å². The van der Waals surface area contributed by atoms with E-state index in [-0.39, 0.29) is 17.7 Å². The van der Waals surface area contributed by atoms with Crippen molar-refractivity contribution < 1.29 is 14.0 Å². The first-order chi connectivity index (χ1) is 11.7. The maximum atomic E-state index is 12.3. The number of likely N-dealkylation sites (tertiary alicyclic amines) is 1. The van der Waals surface area contributed by atoms with E-state index in [2.05, 4.69) is 15.3 Å². The molecule has 0 saturated carbocycles. The quantitative estimate of drug-likeness (QED) is 0.817. The third-order valence-electron chi connectivity index (χ3n) is 4.05. The van der Waals surface area contributed by atoms with Gasteiger partial charge in [0.15, 0.2) is 5.76 Å². The summed E-state index contributed by atoms with van der Waals surface area (Å²) in [5, 5.41) is 2.87. The lowest BCUT2D eigenvalue weighted by Crippen LogP contribution is -2.43. The number of hydrogen-bond donors (Lipinski definition) is 2. The van der Waals surface area contributed by atoms with E-state index in [1.807, 2.05) is 4.90 Å². The molecule has 2 amide bonds. The SMILES string of the molecule is O=C(NCC1CCCN(C(=O)C=Cc2cnc[nH]2)C1)c1ccco1. The molecule has 7 heteroatoms. The molecule has 126 valence electrons. The summed E-state index contributed by atoms with van der Waals surface area (Å²) in [5.74, 6) is 0.317. The van der Waals surface area contributed by atoms with E-state index in [0.717, 1.165) is 25.1 Å². The highest BCUT2D eigenvalue weighted by molar-refractivity contribution is 5.92. The van der Waals surface area contributed by atoms with Gasteiger partial charge in [0.1, 0.15) is 0 Å². The summed E-state index contributed by atoms with van der Waals surface area (Å²) in [6.07, 6.45) is 9.91. The molecule has 7 nitrogen and oxygen atoms in total. The summed E-state index contributed by atoms with van der Waals surface area (Å²) in [5.41, 5.74) is 0.794. The second kappa shape index (κ2) is 7.63. The molecule has 3 heterocycles. The van der Waals surface area contributed by atoms with Crippen LogP contribution in [0, 0.1) is 5.92 Å². The summed E-state index contributed by atoms with van der Waals surface area (Å²) >= 11 is 0. The fourth-order valence-corrected chi connectivity index (χ4v) is 2.79. The number of carbonyl (C=O) groups excluding carboxylic acids is 2. The maximum absolute atomic E-state index is 12.3. The van der Waals surface area contributed by atoms with Gasteiger partial charge in [0.05, 0.1) is 24.5 Å². The van der Waals surface area contributed by atoms with Gasteiger partial charge in [-0.2, -0.15) is 0 Å². The minimum Gasteiger partial charge on any atom is -0.459 e. The summed E-state index contributed by atoms with van der Waals surface area (Å²) in [6, 6.07) is 3.31. The highest BCUT2D eigenvalue weighted by Gasteiger charge is 2.23. The molecule has 0 spiro atoms. The number of nitrogens with zero attached hydrogens (tertiary/aromatic N) is 2. The highest BCUT2D eigenvalue weighted by atomic mass is 16.3. The van der Waals surface area contributed by atoms with Gasteiger partial charge in [0.2, 0.25) is 5.91 Å². The van der Waals surface area contributed by atoms with Crippen LogP contribution in [-0.4, -0.2) is 46.3 Å². The molecular weight excluding hydrogens is 308 g/mol. The van der Waals surface area contributed by atoms with E-state index < -0.39 is 0 Å². The molecule has 0 aliphatic carbocycles. The van der Waals surface area contributed by atoms with Crippen LogP contribution in [0.25, 0.3) is 6.08 Å². The number of amides is 2. The smallest absolute Gasteiger partial charge is 0.286 e. The van der Waals surface area contributed by atoms with Crippen LogP contribution in [0.4, 0.5) is 0 Å². The highest BCUT2D eigenvalue weighted by Crippen LogP contribution is 2.16. The van der Waals surface area contributed by atoms with E-state index in [4.69, 9.17) is 4.42 Å². The summed E-state index contributed by atoms with van der Waals surface area (Å²) in [6.45, 7) is 1.92. The van der Waals surface area contributed by atoms with Crippen LogP contribution in [0.1, 0.15) is 29.1 Å². The summed E-state index contributed by atoms with van der Waals surface area (Å²) in [4.78, 5) is 32.8. The molecule has 1 saturated heterocycles. The third kappa shape index (κ3) is 4.13. The molecule has 2 aromatic rings. The molecule has 2 N–H and O–H groups in total. The van der Waals surface area contributed by atoms with Crippen molar-refractivity contribution in [1.82, 2.24) is 20.2 Å². The van der Waals surface area contributed by atoms with Gasteiger partial charge in [-0.05, 0) is 37.0 Å². The van der Waals surface area contributed by atoms with E-state index in [0.29, 0.717) is 18.8 Å². The molecule has 1 atom stereocenters. The first-order valence-electron chi connectivity index (χ1n) is 7.99.